The average molecular weight is 246 g/mol. The first-order valence-electron chi connectivity index (χ1n) is 7.26. The molecule has 2 nitrogen and oxygen atoms in total. The van der Waals surface area contributed by atoms with Gasteiger partial charge in [0.1, 0.15) is 0 Å². The molecule has 0 heterocycles. The van der Waals surface area contributed by atoms with Crippen LogP contribution in [0, 0.1) is 5.92 Å². The fourth-order valence-corrected chi connectivity index (χ4v) is 3.33. The van der Waals surface area contributed by atoms with Gasteiger partial charge in [-0.25, -0.2) is 0 Å². The fraction of sp³-hybridized carbons (Fsp3) is 0.625. The first-order valence-corrected chi connectivity index (χ1v) is 7.26. The summed E-state index contributed by atoms with van der Waals surface area (Å²) >= 11 is 0. The van der Waals surface area contributed by atoms with Crippen molar-refractivity contribution >= 4 is 0 Å². The Morgan fingerprint density at radius 1 is 1.17 bits per heavy atom. The minimum Gasteiger partial charge on any atom is -0.319 e. The maximum absolute atomic E-state index is 3.76. The summed E-state index contributed by atoms with van der Waals surface area (Å²) in [6, 6.07) is 11.0. The Morgan fingerprint density at radius 3 is 2.39 bits per heavy atom. The van der Waals surface area contributed by atoms with E-state index in [1.165, 1.54) is 31.2 Å². The molecule has 100 valence electrons. The van der Waals surface area contributed by atoms with E-state index in [1.807, 2.05) is 0 Å². The number of hydrogen-bond acceptors (Lipinski definition) is 2. The Balaban J connectivity index is 2.10. The average Bonchev–Trinajstić information content (AvgIpc) is 2.43. The monoisotopic (exact) mass is 246 g/mol. The molecule has 0 radical (unpaired) electrons. The van der Waals surface area contributed by atoms with Crippen LogP contribution in [0.4, 0.5) is 0 Å². The van der Waals surface area contributed by atoms with Gasteiger partial charge < -0.3 is 10.6 Å². The molecule has 1 saturated carbocycles. The van der Waals surface area contributed by atoms with Gasteiger partial charge in [0.05, 0.1) is 0 Å². The third-order valence-electron chi connectivity index (χ3n) is 4.29. The number of nitrogens with one attached hydrogen (secondary N) is 2. The largest absolute Gasteiger partial charge is 0.319 e. The van der Waals surface area contributed by atoms with Crippen LogP contribution in [-0.2, 0) is 5.54 Å². The van der Waals surface area contributed by atoms with Gasteiger partial charge in [-0.1, -0.05) is 37.3 Å². The summed E-state index contributed by atoms with van der Waals surface area (Å²) in [5.74, 6) is 0.852. The van der Waals surface area contributed by atoms with Gasteiger partial charge in [-0.3, -0.25) is 0 Å². The highest BCUT2D eigenvalue weighted by Gasteiger charge is 2.35. The van der Waals surface area contributed by atoms with Crippen LogP contribution in [0.3, 0.4) is 0 Å². The lowest BCUT2D eigenvalue weighted by molar-refractivity contribution is 0.190. The van der Waals surface area contributed by atoms with Crippen LogP contribution >= 0.6 is 0 Å². The normalized spacial score (nSPS) is 28.2. The summed E-state index contributed by atoms with van der Waals surface area (Å²) in [5, 5.41) is 7.07. The molecule has 0 amide bonds. The van der Waals surface area contributed by atoms with E-state index < -0.39 is 0 Å². The van der Waals surface area contributed by atoms with E-state index in [0.717, 1.165) is 19.0 Å². The first-order chi connectivity index (χ1) is 8.80. The summed E-state index contributed by atoms with van der Waals surface area (Å²) in [6.45, 7) is 4.42. The summed E-state index contributed by atoms with van der Waals surface area (Å²) in [7, 11) is 2.06. The van der Waals surface area contributed by atoms with Crippen LogP contribution in [0.15, 0.2) is 30.3 Å². The molecule has 0 atom stereocenters. The maximum atomic E-state index is 3.76. The molecular weight excluding hydrogens is 220 g/mol. The summed E-state index contributed by atoms with van der Waals surface area (Å²) in [4.78, 5) is 0. The van der Waals surface area contributed by atoms with Crippen molar-refractivity contribution in [1.29, 1.82) is 0 Å². The highest BCUT2D eigenvalue weighted by atomic mass is 15.0. The Morgan fingerprint density at radius 2 is 1.83 bits per heavy atom. The number of benzene rings is 1. The zero-order chi connectivity index (χ0) is 12.8. The van der Waals surface area contributed by atoms with Gasteiger partial charge in [-0.05, 0) is 57.3 Å². The SMILES string of the molecule is CCNC1(c2ccccc2)CCC(CNC)CC1. The standard InChI is InChI=1S/C16H26N2/c1-3-18-16(15-7-5-4-6-8-15)11-9-14(10-12-16)13-17-2/h4-8,14,17-18H,3,9-13H2,1-2H3. The minimum absolute atomic E-state index is 0.222. The van der Waals surface area contributed by atoms with Crippen molar-refractivity contribution in [3.63, 3.8) is 0 Å². The van der Waals surface area contributed by atoms with E-state index in [2.05, 4.69) is 54.9 Å². The zero-order valence-electron chi connectivity index (χ0n) is 11.7. The molecule has 0 unspecified atom stereocenters. The predicted molar refractivity (Wildman–Crippen MR) is 77.7 cm³/mol. The Bertz CT molecular complexity index is 339. The minimum atomic E-state index is 0.222. The highest BCUT2D eigenvalue weighted by Crippen LogP contribution is 2.39. The molecule has 0 aromatic heterocycles. The van der Waals surface area contributed by atoms with Crippen LogP contribution in [-0.4, -0.2) is 20.1 Å². The van der Waals surface area contributed by atoms with Crippen molar-refractivity contribution in [2.24, 2.45) is 5.92 Å². The molecule has 1 fully saturated rings. The van der Waals surface area contributed by atoms with Crippen LogP contribution in [0.1, 0.15) is 38.2 Å². The second-order valence-electron chi connectivity index (χ2n) is 5.48. The molecule has 18 heavy (non-hydrogen) atoms. The van der Waals surface area contributed by atoms with Crippen LogP contribution < -0.4 is 10.6 Å². The molecule has 1 aliphatic rings. The molecule has 0 bridgehead atoms. The second kappa shape index (κ2) is 6.35. The molecule has 2 heteroatoms. The lowest BCUT2D eigenvalue weighted by Gasteiger charge is -2.41. The third kappa shape index (κ3) is 2.93. The van der Waals surface area contributed by atoms with E-state index in [-0.39, 0.29) is 5.54 Å². The van der Waals surface area contributed by atoms with Gasteiger partial charge in [0, 0.05) is 5.54 Å². The van der Waals surface area contributed by atoms with Gasteiger partial charge >= 0.3 is 0 Å². The molecular formula is C16H26N2. The van der Waals surface area contributed by atoms with E-state index in [4.69, 9.17) is 0 Å². The van der Waals surface area contributed by atoms with E-state index in [9.17, 15) is 0 Å². The molecule has 1 aliphatic carbocycles. The van der Waals surface area contributed by atoms with Gasteiger partial charge in [0.25, 0.3) is 0 Å². The molecule has 0 saturated heterocycles. The number of rotatable bonds is 5. The predicted octanol–water partition coefficient (Wildman–Crippen LogP) is 2.90. The fourth-order valence-electron chi connectivity index (χ4n) is 3.33. The number of hydrogen-bond donors (Lipinski definition) is 2. The van der Waals surface area contributed by atoms with Crippen molar-refractivity contribution in [3.8, 4) is 0 Å². The maximum Gasteiger partial charge on any atom is 0.0434 e. The smallest absolute Gasteiger partial charge is 0.0434 e. The molecule has 0 aliphatic heterocycles. The van der Waals surface area contributed by atoms with Crippen molar-refractivity contribution in [2.45, 2.75) is 38.1 Å². The highest BCUT2D eigenvalue weighted by molar-refractivity contribution is 5.25. The third-order valence-corrected chi connectivity index (χ3v) is 4.29. The van der Waals surface area contributed by atoms with Crippen molar-refractivity contribution in [2.75, 3.05) is 20.1 Å². The quantitative estimate of drug-likeness (QED) is 0.835. The lowest BCUT2D eigenvalue weighted by atomic mass is 9.72. The van der Waals surface area contributed by atoms with Gasteiger partial charge in [-0.2, -0.15) is 0 Å². The first kappa shape index (κ1) is 13.6. The lowest BCUT2D eigenvalue weighted by Crippen LogP contribution is -2.46. The molecule has 1 aromatic carbocycles. The summed E-state index contributed by atoms with van der Waals surface area (Å²) in [6.07, 6.45) is 5.17. The molecule has 1 aromatic rings. The van der Waals surface area contributed by atoms with E-state index >= 15 is 0 Å². The topological polar surface area (TPSA) is 24.1 Å². The van der Waals surface area contributed by atoms with Crippen LogP contribution in [0.5, 0.6) is 0 Å². The Hall–Kier alpha value is -0.860. The second-order valence-corrected chi connectivity index (χ2v) is 5.48. The Labute approximate surface area is 111 Å². The van der Waals surface area contributed by atoms with Gasteiger partial charge in [0.15, 0.2) is 0 Å². The molecule has 2 rings (SSSR count). The van der Waals surface area contributed by atoms with Crippen molar-refractivity contribution in [1.82, 2.24) is 10.6 Å². The van der Waals surface area contributed by atoms with E-state index in [0.29, 0.717) is 0 Å². The molecule has 0 spiro atoms. The van der Waals surface area contributed by atoms with Crippen LogP contribution in [0.2, 0.25) is 0 Å². The van der Waals surface area contributed by atoms with Crippen LogP contribution in [0.25, 0.3) is 0 Å². The molecule has 2 N–H and O–H groups in total. The zero-order valence-corrected chi connectivity index (χ0v) is 11.7. The van der Waals surface area contributed by atoms with E-state index in [1.54, 1.807) is 0 Å². The van der Waals surface area contributed by atoms with Crippen molar-refractivity contribution < 1.29 is 0 Å². The summed E-state index contributed by atoms with van der Waals surface area (Å²) in [5.41, 5.74) is 1.69. The van der Waals surface area contributed by atoms with Crippen molar-refractivity contribution in [3.05, 3.63) is 35.9 Å². The van der Waals surface area contributed by atoms with Gasteiger partial charge in [-0.15, -0.1) is 0 Å². The summed E-state index contributed by atoms with van der Waals surface area (Å²) < 4.78 is 0. The Kier molecular flexibility index (Phi) is 4.79. The van der Waals surface area contributed by atoms with Gasteiger partial charge in [0.2, 0.25) is 0 Å².